The first-order valence-corrected chi connectivity index (χ1v) is 7.23. The summed E-state index contributed by atoms with van der Waals surface area (Å²) in [6.45, 7) is 0.678. The van der Waals surface area contributed by atoms with Gasteiger partial charge in [0.2, 0.25) is 5.91 Å². The molecule has 21 heavy (non-hydrogen) atoms. The van der Waals surface area contributed by atoms with Gasteiger partial charge in [-0.05, 0) is 12.1 Å². The summed E-state index contributed by atoms with van der Waals surface area (Å²) in [5.74, 6) is 1.11. The molecule has 2 aromatic rings. The SMILES string of the molecule is O=C(CN1CCSC1=O)Nc1ccc(-n2cncn2)nc1. The van der Waals surface area contributed by atoms with Crippen molar-refractivity contribution < 1.29 is 9.59 Å². The summed E-state index contributed by atoms with van der Waals surface area (Å²) in [5.41, 5.74) is 0.572. The van der Waals surface area contributed by atoms with Gasteiger partial charge in [-0.2, -0.15) is 5.10 Å². The van der Waals surface area contributed by atoms with Crippen molar-refractivity contribution >= 4 is 28.6 Å². The van der Waals surface area contributed by atoms with Crippen molar-refractivity contribution in [2.45, 2.75) is 0 Å². The summed E-state index contributed by atoms with van der Waals surface area (Å²) in [6.07, 6.45) is 4.50. The molecule has 2 aromatic heterocycles. The average Bonchev–Trinajstić information content (AvgIpc) is 3.12. The number of hydrogen-bond donors (Lipinski definition) is 1. The van der Waals surface area contributed by atoms with Gasteiger partial charge in [0.1, 0.15) is 19.2 Å². The smallest absolute Gasteiger partial charge is 0.282 e. The van der Waals surface area contributed by atoms with E-state index in [1.165, 1.54) is 40.2 Å². The number of pyridine rings is 1. The molecule has 1 saturated heterocycles. The van der Waals surface area contributed by atoms with E-state index in [1.807, 2.05) is 0 Å². The first kappa shape index (κ1) is 13.6. The molecule has 1 fully saturated rings. The number of rotatable bonds is 4. The number of thioether (sulfide) groups is 1. The van der Waals surface area contributed by atoms with Crippen LogP contribution >= 0.6 is 11.8 Å². The molecule has 1 aliphatic rings. The zero-order valence-corrected chi connectivity index (χ0v) is 11.8. The predicted octanol–water partition coefficient (Wildman–Crippen LogP) is 0.770. The molecule has 0 spiro atoms. The maximum Gasteiger partial charge on any atom is 0.282 e. The van der Waals surface area contributed by atoms with E-state index in [0.717, 1.165) is 5.75 Å². The number of carbonyl (C=O) groups excluding carboxylic acids is 2. The number of aromatic nitrogens is 4. The van der Waals surface area contributed by atoms with E-state index in [2.05, 4.69) is 20.4 Å². The van der Waals surface area contributed by atoms with Gasteiger partial charge in [0, 0.05) is 12.3 Å². The third kappa shape index (κ3) is 3.19. The van der Waals surface area contributed by atoms with Crippen molar-refractivity contribution in [1.29, 1.82) is 0 Å². The van der Waals surface area contributed by atoms with Gasteiger partial charge in [0.25, 0.3) is 5.24 Å². The molecule has 3 heterocycles. The molecule has 0 aliphatic carbocycles. The Morgan fingerprint density at radius 2 is 2.33 bits per heavy atom. The Labute approximate surface area is 124 Å². The zero-order chi connectivity index (χ0) is 14.7. The van der Waals surface area contributed by atoms with Crippen LogP contribution in [0.2, 0.25) is 0 Å². The molecule has 108 valence electrons. The van der Waals surface area contributed by atoms with E-state index >= 15 is 0 Å². The van der Waals surface area contributed by atoms with Gasteiger partial charge in [0.05, 0.1) is 11.9 Å². The Balaban J connectivity index is 1.60. The zero-order valence-electron chi connectivity index (χ0n) is 11.0. The number of nitrogens with zero attached hydrogens (tertiary/aromatic N) is 5. The van der Waals surface area contributed by atoms with E-state index in [9.17, 15) is 9.59 Å². The van der Waals surface area contributed by atoms with Crippen LogP contribution in [0.4, 0.5) is 10.5 Å². The first-order valence-electron chi connectivity index (χ1n) is 6.25. The fourth-order valence-corrected chi connectivity index (χ4v) is 2.69. The highest BCUT2D eigenvalue weighted by molar-refractivity contribution is 8.13. The summed E-state index contributed by atoms with van der Waals surface area (Å²) in [5, 5.41) is 6.62. The fraction of sp³-hybridized carbons (Fsp3) is 0.250. The molecule has 0 bridgehead atoms. The highest BCUT2D eigenvalue weighted by Gasteiger charge is 2.23. The van der Waals surface area contributed by atoms with Crippen LogP contribution in [-0.2, 0) is 4.79 Å². The van der Waals surface area contributed by atoms with E-state index in [1.54, 1.807) is 12.1 Å². The van der Waals surface area contributed by atoms with Crippen LogP contribution in [-0.4, -0.2) is 54.6 Å². The predicted molar refractivity (Wildman–Crippen MR) is 77.2 cm³/mol. The molecule has 1 aliphatic heterocycles. The lowest BCUT2D eigenvalue weighted by molar-refractivity contribution is -0.116. The van der Waals surface area contributed by atoms with Gasteiger partial charge < -0.3 is 10.2 Å². The second kappa shape index (κ2) is 5.92. The fourth-order valence-electron chi connectivity index (χ4n) is 1.87. The summed E-state index contributed by atoms with van der Waals surface area (Å²) < 4.78 is 1.52. The summed E-state index contributed by atoms with van der Waals surface area (Å²) in [6, 6.07) is 3.45. The second-order valence-electron chi connectivity index (χ2n) is 4.33. The van der Waals surface area contributed by atoms with Crippen LogP contribution in [0.15, 0.2) is 31.0 Å². The van der Waals surface area contributed by atoms with Crippen molar-refractivity contribution in [2.24, 2.45) is 0 Å². The maximum atomic E-state index is 11.9. The summed E-state index contributed by atoms with van der Waals surface area (Å²) in [7, 11) is 0. The largest absolute Gasteiger partial charge is 0.323 e. The molecule has 9 heteroatoms. The lowest BCUT2D eigenvalue weighted by Gasteiger charge is -2.13. The van der Waals surface area contributed by atoms with Crippen LogP contribution in [0.3, 0.4) is 0 Å². The maximum absolute atomic E-state index is 11.9. The van der Waals surface area contributed by atoms with E-state index in [-0.39, 0.29) is 17.7 Å². The van der Waals surface area contributed by atoms with Crippen LogP contribution < -0.4 is 5.32 Å². The molecule has 2 amide bonds. The third-order valence-electron chi connectivity index (χ3n) is 2.86. The minimum atomic E-state index is -0.235. The first-order chi connectivity index (χ1) is 10.2. The van der Waals surface area contributed by atoms with Crippen molar-refractivity contribution in [1.82, 2.24) is 24.6 Å². The van der Waals surface area contributed by atoms with E-state index < -0.39 is 0 Å². The van der Waals surface area contributed by atoms with Crippen LogP contribution in [0.1, 0.15) is 0 Å². The average molecular weight is 304 g/mol. The monoisotopic (exact) mass is 304 g/mol. The van der Waals surface area contributed by atoms with Gasteiger partial charge >= 0.3 is 0 Å². The van der Waals surface area contributed by atoms with Crippen LogP contribution in [0, 0.1) is 0 Å². The minimum Gasteiger partial charge on any atom is -0.323 e. The van der Waals surface area contributed by atoms with E-state index in [0.29, 0.717) is 18.1 Å². The molecule has 8 nitrogen and oxygen atoms in total. The van der Waals surface area contributed by atoms with Crippen molar-refractivity contribution in [3.8, 4) is 5.82 Å². The summed E-state index contributed by atoms with van der Waals surface area (Å²) >= 11 is 1.23. The normalized spacial score (nSPS) is 14.5. The number of carbonyl (C=O) groups is 2. The van der Waals surface area contributed by atoms with Gasteiger partial charge in [-0.3, -0.25) is 9.59 Å². The van der Waals surface area contributed by atoms with Crippen molar-refractivity contribution in [3.05, 3.63) is 31.0 Å². The number of amides is 2. The lowest BCUT2D eigenvalue weighted by atomic mass is 10.4. The molecular formula is C12H12N6O2S. The van der Waals surface area contributed by atoms with Crippen molar-refractivity contribution in [3.63, 3.8) is 0 Å². The van der Waals surface area contributed by atoms with Crippen LogP contribution in [0.5, 0.6) is 0 Å². The standard InChI is InChI=1S/C12H12N6O2S/c19-11(6-17-3-4-21-12(17)20)16-9-1-2-10(14-5-9)18-8-13-7-15-18/h1-2,5,7-8H,3-4,6H2,(H,16,19). The van der Waals surface area contributed by atoms with Crippen LogP contribution in [0.25, 0.3) is 5.82 Å². The molecule has 0 saturated carbocycles. The van der Waals surface area contributed by atoms with Gasteiger partial charge in [-0.25, -0.2) is 14.6 Å². The Morgan fingerprint density at radius 3 is 2.95 bits per heavy atom. The topological polar surface area (TPSA) is 93.0 Å². The van der Waals surface area contributed by atoms with Gasteiger partial charge in [-0.15, -0.1) is 0 Å². The molecule has 0 unspecified atom stereocenters. The number of anilines is 1. The Kier molecular flexibility index (Phi) is 3.82. The third-order valence-corrected chi connectivity index (χ3v) is 3.76. The lowest BCUT2D eigenvalue weighted by Crippen LogP contribution is -2.33. The molecule has 0 atom stereocenters. The second-order valence-corrected chi connectivity index (χ2v) is 5.38. The number of nitrogens with one attached hydrogen (secondary N) is 1. The molecule has 1 N–H and O–H groups in total. The van der Waals surface area contributed by atoms with Gasteiger partial charge in [0.15, 0.2) is 5.82 Å². The quantitative estimate of drug-likeness (QED) is 0.897. The highest BCUT2D eigenvalue weighted by atomic mass is 32.2. The Hall–Kier alpha value is -2.42. The molecule has 0 radical (unpaired) electrons. The Bertz CT molecular complexity index is 642. The Morgan fingerprint density at radius 1 is 1.43 bits per heavy atom. The van der Waals surface area contributed by atoms with Gasteiger partial charge in [-0.1, -0.05) is 11.8 Å². The molecular weight excluding hydrogens is 292 g/mol. The molecule has 0 aromatic carbocycles. The summed E-state index contributed by atoms with van der Waals surface area (Å²) in [4.78, 5) is 32.8. The minimum absolute atomic E-state index is 0.0511. The highest BCUT2D eigenvalue weighted by Crippen LogP contribution is 2.17. The van der Waals surface area contributed by atoms with E-state index in [4.69, 9.17) is 0 Å². The van der Waals surface area contributed by atoms with Crippen molar-refractivity contribution in [2.75, 3.05) is 24.2 Å². The number of hydrogen-bond acceptors (Lipinski definition) is 6. The molecule has 3 rings (SSSR count).